The molecule has 1 fully saturated rings. The lowest BCUT2D eigenvalue weighted by Crippen LogP contribution is -2.50. The molecule has 1 saturated heterocycles. The molecule has 114 valence electrons. The Labute approximate surface area is 131 Å². The van der Waals surface area contributed by atoms with Crippen molar-refractivity contribution in [3.8, 4) is 0 Å². The molecule has 1 heterocycles. The average Bonchev–Trinajstić information content (AvgIpc) is 2.88. The van der Waals surface area contributed by atoms with E-state index in [2.05, 4.69) is 33.5 Å². The molecule has 21 heavy (non-hydrogen) atoms. The molecule has 1 aromatic carbocycles. The van der Waals surface area contributed by atoms with Gasteiger partial charge in [0, 0.05) is 11.8 Å². The number of halogens is 1. The molecular formula is C14H18BrN3O3. The van der Waals surface area contributed by atoms with E-state index in [1.165, 1.54) is 6.07 Å². The summed E-state index contributed by atoms with van der Waals surface area (Å²) in [4.78, 5) is 22.8. The number of anilines is 1. The van der Waals surface area contributed by atoms with Crippen LogP contribution in [0.15, 0.2) is 22.7 Å². The number of hydrogen-bond acceptors (Lipinski definition) is 4. The van der Waals surface area contributed by atoms with E-state index in [-0.39, 0.29) is 11.6 Å². The molecule has 1 amide bonds. The van der Waals surface area contributed by atoms with Crippen molar-refractivity contribution in [2.45, 2.75) is 38.1 Å². The summed E-state index contributed by atoms with van der Waals surface area (Å²) in [5.74, 6) is -0.0670. The highest BCUT2D eigenvalue weighted by atomic mass is 79.9. The van der Waals surface area contributed by atoms with Gasteiger partial charge in [-0.05, 0) is 53.9 Å². The molecule has 0 aliphatic carbocycles. The van der Waals surface area contributed by atoms with Crippen molar-refractivity contribution in [2.75, 3.05) is 11.9 Å². The van der Waals surface area contributed by atoms with Crippen LogP contribution in [-0.2, 0) is 4.79 Å². The van der Waals surface area contributed by atoms with E-state index in [4.69, 9.17) is 0 Å². The highest BCUT2D eigenvalue weighted by molar-refractivity contribution is 9.10. The van der Waals surface area contributed by atoms with Gasteiger partial charge in [-0.25, -0.2) is 0 Å². The predicted octanol–water partition coefficient (Wildman–Crippen LogP) is 3.22. The van der Waals surface area contributed by atoms with Gasteiger partial charge in [-0.3, -0.25) is 14.9 Å². The summed E-state index contributed by atoms with van der Waals surface area (Å²) in [5.41, 5.74) is 0.0279. The molecule has 2 rings (SSSR count). The van der Waals surface area contributed by atoms with Crippen LogP contribution in [0.2, 0.25) is 0 Å². The first-order chi connectivity index (χ1) is 9.98. The summed E-state index contributed by atoms with van der Waals surface area (Å²) in [6, 6.07) is 4.49. The van der Waals surface area contributed by atoms with Gasteiger partial charge in [-0.15, -0.1) is 0 Å². The Kier molecular flexibility index (Phi) is 4.95. The Balaban J connectivity index is 2.15. The molecule has 0 radical (unpaired) electrons. The number of amides is 1. The molecule has 0 spiro atoms. The zero-order valence-corrected chi connectivity index (χ0v) is 13.4. The van der Waals surface area contributed by atoms with Gasteiger partial charge >= 0.3 is 0 Å². The molecule has 7 heteroatoms. The molecular weight excluding hydrogens is 338 g/mol. The Morgan fingerprint density at radius 3 is 2.86 bits per heavy atom. The minimum atomic E-state index is -0.511. The van der Waals surface area contributed by atoms with Crippen molar-refractivity contribution in [1.29, 1.82) is 0 Å². The van der Waals surface area contributed by atoms with E-state index in [1.54, 1.807) is 12.1 Å². The fraction of sp³-hybridized carbons (Fsp3) is 0.500. The number of carbonyl (C=O) groups excluding carboxylic acids is 1. The Hall–Kier alpha value is -1.47. The van der Waals surface area contributed by atoms with Crippen LogP contribution in [0.1, 0.15) is 32.6 Å². The molecule has 1 aromatic rings. The van der Waals surface area contributed by atoms with Crippen LogP contribution in [0, 0.1) is 10.1 Å². The number of nitrogens with one attached hydrogen (secondary N) is 2. The Morgan fingerprint density at radius 1 is 1.57 bits per heavy atom. The molecule has 0 saturated carbocycles. The van der Waals surface area contributed by atoms with E-state index in [9.17, 15) is 14.9 Å². The number of benzene rings is 1. The van der Waals surface area contributed by atoms with Crippen molar-refractivity contribution >= 4 is 33.2 Å². The molecule has 2 N–H and O–H groups in total. The highest BCUT2D eigenvalue weighted by Gasteiger charge is 2.39. The topological polar surface area (TPSA) is 84.3 Å². The second-order valence-electron chi connectivity index (χ2n) is 5.24. The Morgan fingerprint density at radius 2 is 2.33 bits per heavy atom. The SMILES string of the molecule is CCCC1(C(=O)Nc2ccc([N+](=O)[O-])c(Br)c2)CCCN1. The second-order valence-corrected chi connectivity index (χ2v) is 6.09. The first-order valence-electron chi connectivity index (χ1n) is 6.99. The first-order valence-corrected chi connectivity index (χ1v) is 7.78. The number of nitro groups is 1. The summed E-state index contributed by atoms with van der Waals surface area (Å²) in [5, 5.41) is 16.9. The van der Waals surface area contributed by atoms with Gasteiger partial charge in [0.1, 0.15) is 0 Å². The number of rotatable bonds is 5. The first kappa shape index (κ1) is 15.9. The summed E-state index contributed by atoms with van der Waals surface area (Å²) in [6.07, 6.45) is 3.51. The van der Waals surface area contributed by atoms with Crippen molar-refractivity contribution in [3.05, 3.63) is 32.8 Å². The summed E-state index contributed by atoms with van der Waals surface area (Å²) < 4.78 is 0.356. The maximum Gasteiger partial charge on any atom is 0.283 e. The average molecular weight is 356 g/mol. The van der Waals surface area contributed by atoms with Crippen molar-refractivity contribution < 1.29 is 9.72 Å². The quantitative estimate of drug-likeness (QED) is 0.627. The maximum absolute atomic E-state index is 12.5. The lowest BCUT2D eigenvalue weighted by molar-refractivity contribution is -0.385. The van der Waals surface area contributed by atoms with Crippen LogP contribution in [-0.4, -0.2) is 22.9 Å². The lowest BCUT2D eigenvalue weighted by Gasteiger charge is -2.27. The van der Waals surface area contributed by atoms with E-state index in [0.717, 1.165) is 32.2 Å². The van der Waals surface area contributed by atoms with Crippen molar-refractivity contribution in [2.24, 2.45) is 0 Å². The third kappa shape index (κ3) is 3.41. The summed E-state index contributed by atoms with van der Waals surface area (Å²) in [7, 11) is 0. The smallest absolute Gasteiger partial charge is 0.283 e. The van der Waals surface area contributed by atoms with Gasteiger partial charge in [-0.2, -0.15) is 0 Å². The van der Waals surface area contributed by atoms with E-state index in [1.807, 2.05) is 0 Å². The van der Waals surface area contributed by atoms with Gasteiger partial charge in [0.2, 0.25) is 5.91 Å². The molecule has 1 unspecified atom stereocenters. The van der Waals surface area contributed by atoms with Crippen LogP contribution in [0.4, 0.5) is 11.4 Å². The minimum Gasteiger partial charge on any atom is -0.324 e. The largest absolute Gasteiger partial charge is 0.324 e. The highest BCUT2D eigenvalue weighted by Crippen LogP contribution is 2.30. The summed E-state index contributed by atoms with van der Waals surface area (Å²) in [6.45, 7) is 2.90. The predicted molar refractivity (Wildman–Crippen MR) is 84.3 cm³/mol. The second kappa shape index (κ2) is 6.53. The molecule has 0 aromatic heterocycles. The molecule has 1 atom stereocenters. The zero-order valence-electron chi connectivity index (χ0n) is 11.8. The third-order valence-corrected chi connectivity index (χ3v) is 4.39. The third-order valence-electron chi connectivity index (χ3n) is 3.76. The van der Waals surface area contributed by atoms with Crippen LogP contribution >= 0.6 is 15.9 Å². The summed E-state index contributed by atoms with van der Waals surface area (Å²) >= 11 is 3.16. The number of nitrogens with zero attached hydrogens (tertiary/aromatic N) is 1. The van der Waals surface area contributed by atoms with Crippen LogP contribution in [0.5, 0.6) is 0 Å². The maximum atomic E-state index is 12.5. The number of carbonyl (C=O) groups is 1. The standard InChI is InChI=1S/C14H18BrN3O3/c1-2-6-14(7-3-8-16-14)13(19)17-10-4-5-12(18(20)21)11(15)9-10/h4-5,9,16H,2-3,6-8H2,1H3,(H,17,19). The number of hydrogen-bond donors (Lipinski definition) is 2. The molecule has 0 bridgehead atoms. The fourth-order valence-electron chi connectivity index (χ4n) is 2.74. The van der Waals surface area contributed by atoms with Crippen molar-refractivity contribution in [3.63, 3.8) is 0 Å². The van der Waals surface area contributed by atoms with Gasteiger partial charge in [-0.1, -0.05) is 13.3 Å². The molecule has 6 nitrogen and oxygen atoms in total. The lowest BCUT2D eigenvalue weighted by atomic mass is 9.91. The van der Waals surface area contributed by atoms with Crippen LogP contribution in [0.3, 0.4) is 0 Å². The van der Waals surface area contributed by atoms with Gasteiger partial charge in [0.15, 0.2) is 0 Å². The minimum absolute atomic E-state index is 0.0183. The monoisotopic (exact) mass is 355 g/mol. The van der Waals surface area contributed by atoms with Gasteiger partial charge < -0.3 is 10.6 Å². The van der Waals surface area contributed by atoms with E-state index < -0.39 is 10.5 Å². The van der Waals surface area contributed by atoms with Crippen LogP contribution in [0.25, 0.3) is 0 Å². The fourth-order valence-corrected chi connectivity index (χ4v) is 3.26. The van der Waals surface area contributed by atoms with Crippen LogP contribution < -0.4 is 10.6 Å². The van der Waals surface area contributed by atoms with Crippen molar-refractivity contribution in [1.82, 2.24) is 5.32 Å². The van der Waals surface area contributed by atoms with E-state index in [0.29, 0.717) is 10.2 Å². The number of nitro benzene ring substituents is 1. The normalized spacial score (nSPS) is 21.2. The Bertz CT molecular complexity index is 556. The molecule has 1 aliphatic rings. The zero-order chi connectivity index (χ0) is 15.5. The van der Waals surface area contributed by atoms with Gasteiger partial charge in [0.25, 0.3) is 5.69 Å². The van der Waals surface area contributed by atoms with E-state index >= 15 is 0 Å². The molecule has 1 aliphatic heterocycles. The van der Waals surface area contributed by atoms with Gasteiger partial charge in [0.05, 0.1) is 14.9 Å².